The molecule has 2 rings (SSSR count). The zero-order valence-electron chi connectivity index (χ0n) is 15.6. The summed E-state index contributed by atoms with van der Waals surface area (Å²) in [4.78, 5) is 23.9. The number of hydrogen-bond donors (Lipinski definition) is 2. The van der Waals surface area contributed by atoms with Crippen molar-refractivity contribution in [2.45, 2.75) is 32.1 Å². The summed E-state index contributed by atoms with van der Waals surface area (Å²) in [6.45, 7) is 6.33. The molecule has 138 valence electrons. The molecule has 0 radical (unpaired) electrons. The van der Waals surface area contributed by atoms with Gasteiger partial charge in [0, 0.05) is 12.1 Å². The second-order valence-corrected chi connectivity index (χ2v) is 7.20. The van der Waals surface area contributed by atoms with Crippen LogP contribution in [0.1, 0.15) is 48.2 Å². The summed E-state index contributed by atoms with van der Waals surface area (Å²) in [5.74, 6) is -1.43. The molecule has 0 heterocycles. The number of aliphatic carboxylic acids is 1. The molecule has 26 heavy (non-hydrogen) atoms. The van der Waals surface area contributed by atoms with Crippen molar-refractivity contribution in [1.29, 1.82) is 0 Å². The van der Waals surface area contributed by atoms with E-state index in [1.807, 2.05) is 24.3 Å². The van der Waals surface area contributed by atoms with Gasteiger partial charge in [-0.3, -0.25) is 9.59 Å². The molecule has 0 saturated carbocycles. The summed E-state index contributed by atoms with van der Waals surface area (Å²) in [7, 11) is 1.55. The molecule has 2 N–H and O–H groups in total. The standard InChI is InChI=1S/C21H25NO4/c1-21(2,3)16-9-5-14(6-10-16)18(20(24)25)13-22-19(23)15-7-11-17(26-4)12-8-15/h5-12,18H,13H2,1-4H3,(H,22,23)(H,24,25). The Morgan fingerprint density at radius 2 is 1.62 bits per heavy atom. The van der Waals surface area contributed by atoms with Gasteiger partial charge >= 0.3 is 5.97 Å². The lowest BCUT2D eigenvalue weighted by Gasteiger charge is -2.20. The number of benzene rings is 2. The van der Waals surface area contributed by atoms with Gasteiger partial charge in [-0.05, 0) is 40.8 Å². The van der Waals surface area contributed by atoms with E-state index in [0.29, 0.717) is 16.9 Å². The fourth-order valence-corrected chi connectivity index (χ4v) is 2.60. The maximum Gasteiger partial charge on any atom is 0.312 e. The Morgan fingerprint density at radius 1 is 1.04 bits per heavy atom. The van der Waals surface area contributed by atoms with Crippen molar-refractivity contribution in [3.63, 3.8) is 0 Å². The maximum absolute atomic E-state index is 12.2. The minimum atomic E-state index is -0.969. The smallest absolute Gasteiger partial charge is 0.312 e. The van der Waals surface area contributed by atoms with Crippen LogP contribution in [0.3, 0.4) is 0 Å². The molecule has 0 aliphatic carbocycles. The third-order valence-corrected chi connectivity index (χ3v) is 4.30. The molecule has 1 atom stereocenters. The van der Waals surface area contributed by atoms with Gasteiger partial charge in [0.1, 0.15) is 5.75 Å². The number of ether oxygens (including phenoxy) is 1. The summed E-state index contributed by atoms with van der Waals surface area (Å²) in [5, 5.41) is 12.2. The summed E-state index contributed by atoms with van der Waals surface area (Å²) in [5.41, 5.74) is 2.26. The van der Waals surface area contributed by atoms with Crippen LogP contribution in [0.2, 0.25) is 0 Å². The first-order valence-electron chi connectivity index (χ1n) is 8.48. The summed E-state index contributed by atoms with van der Waals surface area (Å²) < 4.78 is 5.06. The maximum atomic E-state index is 12.2. The van der Waals surface area contributed by atoms with Gasteiger partial charge in [-0.1, -0.05) is 45.0 Å². The number of hydrogen-bond acceptors (Lipinski definition) is 3. The molecule has 5 nitrogen and oxygen atoms in total. The zero-order chi connectivity index (χ0) is 19.3. The van der Waals surface area contributed by atoms with Crippen molar-refractivity contribution in [3.8, 4) is 5.75 Å². The van der Waals surface area contributed by atoms with Crippen LogP contribution < -0.4 is 10.1 Å². The van der Waals surface area contributed by atoms with Gasteiger partial charge < -0.3 is 15.2 Å². The lowest BCUT2D eigenvalue weighted by Crippen LogP contribution is -2.31. The van der Waals surface area contributed by atoms with Crippen molar-refractivity contribution < 1.29 is 19.4 Å². The number of carbonyl (C=O) groups excluding carboxylic acids is 1. The van der Waals surface area contributed by atoms with Gasteiger partial charge in [-0.2, -0.15) is 0 Å². The predicted molar refractivity (Wildman–Crippen MR) is 101 cm³/mol. The van der Waals surface area contributed by atoms with Crippen molar-refractivity contribution >= 4 is 11.9 Å². The predicted octanol–water partition coefficient (Wildman–Crippen LogP) is 3.59. The van der Waals surface area contributed by atoms with E-state index in [-0.39, 0.29) is 17.9 Å². The van der Waals surface area contributed by atoms with Gasteiger partial charge in [0.2, 0.25) is 0 Å². The summed E-state index contributed by atoms with van der Waals surface area (Å²) in [6, 6.07) is 14.2. The Hall–Kier alpha value is -2.82. The quantitative estimate of drug-likeness (QED) is 0.830. The minimum absolute atomic E-state index is 0.000166. The minimum Gasteiger partial charge on any atom is -0.497 e. The first kappa shape index (κ1) is 19.5. The second kappa shape index (κ2) is 8.04. The molecule has 1 amide bonds. The number of methoxy groups -OCH3 is 1. The topological polar surface area (TPSA) is 75.6 Å². The highest BCUT2D eigenvalue weighted by molar-refractivity contribution is 5.94. The van der Waals surface area contributed by atoms with Gasteiger partial charge in [0.05, 0.1) is 13.0 Å². The Kier molecular flexibility index (Phi) is 6.03. The Balaban J connectivity index is 2.08. The van der Waals surface area contributed by atoms with E-state index in [1.165, 1.54) is 0 Å². The van der Waals surface area contributed by atoms with E-state index >= 15 is 0 Å². The van der Waals surface area contributed by atoms with Crippen LogP contribution in [-0.4, -0.2) is 30.6 Å². The van der Waals surface area contributed by atoms with E-state index in [0.717, 1.165) is 5.56 Å². The molecule has 1 unspecified atom stereocenters. The SMILES string of the molecule is COc1ccc(C(=O)NCC(C(=O)O)c2ccc(C(C)(C)C)cc2)cc1. The number of nitrogens with one attached hydrogen (secondary N) is 1. The summed E-state index contributed by atoms with van der Waals surface area (Å²) >= 11 is 0. The van der Waals surface area contributed by atoms with Gasteiger partial charge in [-0.25, -0.2) is 0 Å². The molecule has 0 fully saturated rings. The van der Waals surface area contributed by atoms with E-state index in [9.17, 15) is 14.7 Å². The van der Waals surface area contributed by atoms with Crippen molar-refractivity contribution in [1.82, 2.24) is 5.32 Å². The molecule has 0 saturated heterocycles. The largest absolute Gasteiger partial charge is 0.497 e. The fourth-order valence-electron chi connectivity index (χ4n) is 2.60. The molecule has 2 aromatic rings. The third-order valence-electron chi connectivity index (χ3n) is 4.30. The average molecular weight is 355 g/mol. The van der Waals surface area contributed by atoms with E-state index in [1.54, 1.807) is 31.4 Å². The first-order chi connectivity index (χ1) is 12.2. The van der Waals surface area contributed by atoms with Crippen molar-refractivity contribution in [2.75, 3.05) is 13.7 Å². The van der Waals surface area contributed by atoms with E-state index < -0.39 is 11.9 Å². The van der Waals surface area contributed by atoms with Crippen LogP contribution in [0.5, 0.6) is 5.75 Å². The number of carboxylic acid groups (broad SMARTS) is 1. The lowest BCUT2D eigenvalue weighted by atomic mass is 9.85. The van der Waals surface area contributed by atoms with Crippen molar-refractivity contribution in [3.05, 3.63) is 65.2 Å². The highest BCUT2D eigenvalue weighted by atomic mass is 16.5. The van der Waals surface area contributed by atoms with E-state index in [2.05, 4.69) is 26.1 Å². The molecule has 0 aromatic heterocycles. The number of carbonyl (C=O) groups is 2. The second-order valence-electron chi connectivity index (χ2n) is 7.20. The average Bonchev–Trinajstić information content (AvgIpc) is 2.61. The Labute approximate surface area is 154 Å². The van der Waals surface area contributed by atoms with Crippen LogP contribution in [0, 0.1) is 0 Å². The van der Waals surface area contributed by atoms with Crippen LogP contribution in [0.4, 0.5) is 0 Å². The lowest BCUT2D eigenvalue weighted by molar-refractivity contribution is -0.138. The normalized spacial score (nSPS) is 12.3. The molecule has 5 heteroatoms. The molecule has 2 aromatic carbocycles. The molecular formula is C21H25NO4. The molecule has 0 bridgehead atoms. The Bertz CT molecular complexity index is 758. The van der Waals surface area contributed by atoms with Crippen molar-refractivity contribution in [2.24, 2.45) is 0 Å². The highest BCUT2D eigenvalue weighted by Crippen LogP contribution is 2.24. The molecule has 0 aliphatic heterocycles. The number of rotatable bonds is 6. The van der Waals surface area contributed by atoms with Gasteiger partial charge in [0.25, 0.3) is 5.91 Å². The molecule has 0 aliphatic rings. The van der Waals surface area contributed by atoms with Crippen LogP contribution >= 0.6 is 0 Å². The fraction of sp³-hybridized carbons (Fsp3) is 0.333. The van der Waals surface area contributed by atoms with Crippen LogP contribution in [0.15, 0.2) is 48.5 Å². The number of carboxylic acids is 1. The van der Waals surface area contributed by atoms with Gasteiger partial charge in [-0.15, -0.1) is 0 Å². The summed E-state index contributed by atoms with van der Waals surface area (Å²) in [6.07, 6.45) is 0. The number of amides is 1. The van der Waals surface area contributed by atoms with Gasteiger partial charge in [0.15, 0.2) is 0 Å². The monoisotopic (exact) mass is 355 g/mol. The molecule has 0 spiro atoms. The van der Waals surface area contributed by atoms with E-state index in [4.69, 9.17) is 4.74 Å². The zero-order valence-corrected chi connectivity index (χ0v) is 15.6. The Morgan fingerprint density at radius 3 is 2.08 bits per heavy atom. The third kappa shape index (κ3) is 4.85. The highest BCUT2D eigenvalue weighted by Gasteiger charge is 2.22. The van der Waals surface area contributed by atoms with Crippen LogP contribution in [0.25, 0.3) is 0 Å². The first-order valence-corrected chi connectivity index (χ1v) is 8.48. The molecular weight excluding hydrogens is 330 g/mol. The van der Waals surface area contributed by atoms with Crippen LogP contribution in [-0.2, 0) is 10.2 Å².